The number of aromatic nitrogens is 2. The van der Waals surface area contributed by atoms with Gasteiger partial charge in [0.1, 0.15) is 0 Å². The number of sulfonamides is 1. The average molecular weight is 413 g/mol. The van der Waals surface area contributed by atoms with Gasteiger partial charge in [0.05, 0.1) is 10.5 Å². The van der Waals surface area contributed by atoms with Crippen LogP contribution in [0.5, 0.6) is 0 Å². The van der Waals surface area contributed by atoms with E-state index in [9.17, 15) is 21.6 Å². The van der Waals surface area contributed by atoms with Gasteiger partial charge < -0.3 is 4.57 Å². The van der Waals surface area contributed by atoms with Crippen molar-refractivity contribution in [1.29, 1.82) is 0 Å². The lowest BCUT2D eigenvalue weighted by Crippen LogP contribution is -2.14. The van der Waals surface area contributed by atoms with E-state index < -0.39 is 26.7 Å². The molecule has 10 heteroatoms. The van der Waals surface area contributed by atoms with Gasteiger partial charge in [0.15, 0.2) is 5.16 Å². The summed E-state index contributed by atoms with van der Waals surface area (Å²) < 4.78 is 67.2. The minimum absolute atomic E-state index is 0.247. The summed E-state index contributed by atoms with van der Waals surface area (Å²) >= 11 is 1.40. The third-order valence-corrected chi connectivity index (χ3v) is 6.03. The van der Waals surface area contributed by atoms with Gasteiger partial charge in [0.25, 0.3) is 10.0 Å². The summed E-state index contributed by atoms with van der Waals surface area (Å²) in [6.45, 7) is 0. The van der Waals surface area contributed by atoms with Crippen molar-refractivity contribution in [3.05, 3.63) is 66.5 Å². The molecular weight excluding hydrogens is 399 g/mol. The molecule has 5 nitrogen and oxygen atoms in total. The fourth-order valence-corrected chi connectivity index (χ4v) is 4.11. The molecule has 3 aromatic rings. The van der Waals surface area contributed by atoms with Gasteiger partial charge in [-0.05, 0) is 42.5 Å². The zero-order chi connectivity index (χ0) is 19.7. The SMILES string of the molecule is Cn1ccnc1Sc1ccc(NS(=O)(=O)c2cccc(C(F)(F)F)c2)cc1. The van der Waals surface area contributed by atoms with Crippen LogP contribution < -0.4 is 4.72 Å². The first-order chi connectivity index (χ1) is 12.6. The van der Waals surface area contributed by atoms with E-state index in [1.54, 1.807) is 24.5 Å². The number of hydrogen-bond acceptors (Lipinski definition) is 4. The predicted octanol–water partition coefficient (Wildman–Crippen LogP) is 4.39. The number of nitrogens with one attached hydrogen (secondary N) is 1. The molecule has 0 amide bonds. The van der Waals surface area contributed by atoms with E-state index in [-0.39, 0.29) is 5.69 Å². The third-order valence-electron chi connectivity index (χ3n) is 3.56. The fourth-order valence-electron chi connectivity index (χ4n) is 2.20. The van der Waals surface area contributed by atoms with Crippen LogP contribution in [0.4, 0.5) is 18.9 Å². The molecule has 0 bridgehead atoms. The number of anilines is 1. The second-order valence-electron chi connectivity index (χ2n) is 5.58. The summed E-state index contributed by atoms with van der Waals surface area (Å²) in [4.78, 5) is 4.57. The quantitative estimate of drug-likeness (QED) is 0.674. The molecule has 0 fully saturated rings. The number of hydrogen-bond donors (Lipinski definition) is 1. The molecule has 0 aliphatic carbocycles. The highest BCUT2D eigenvalue weighted by molar-refractivity contribution is 7.99. The van der Waals surface area contributed by atoms with E-state index in [1.807, 2.05) is 11.6 Å². The van der Waals surface area contributed by atoms with Gasteiger partial charge in [-0.15, -0.1) is 0 Å². The van der Waals surface area contributed by atoms with Crippen LogP contribution >= 0.6 is 11.8 Å². The fraction of sp³-hybridized carbons (Fsp3) is 0.118. The Balaban J connectivity index is 1.77. The molecular formula is C17H14F3N3O2S2. The number of benzene rings is 2. The van der Waals surface area contributed by atoms with Gasteiger partial charge in [-0.2, -0.15) is 13.2 Å². The van der Waals surface area contributed by atoms with Crippen molar-refractivity contribution < 1.29 is 21.6 Å². The number of nitrogens with zero attached hydrogens (tertiary/aromatic N) is 2. The summed E-state index contributed by atoms with van der Waals surface area (Å²) in [6, 6.07) is 10.1. The van der Waals surface area contributed by atoms with Crippen LogP contribution in [-0.4, -0.2) is 18.0 Å². The van der Waals surface area contributed by atoms with E-state index >= 15 is 0 Å². The molecule has 0 atom stereocenters. The zero-order valence-electron chi connectivity index (χ0n) is 13.9. The number of alkyl halides is 3. The van der Waals surface area contributed by atoms with Crippen molar-refractivity contribution in [3.8, 4) is 0 Å². The van der Waals surface area contributed by atoms with Crippen LogP contribution in [-0.2, 0) is 23.2 Å². The first-order valence-corrected chi connectivity index (χ1v) is 9.90. The van der Waals surface area contributed by atoms with E-state index in [1.165, 1.54) is 23.9 Å². The van der Waals surface area contributed by atoms with Crippen LogP contribution in [0.1, 0.15) is 5.56 Å². The van der Waals surface area contributed by atoms with Crippen LogP contribution in [0.15, 0.2) is 75.9 Å². The maximum Gasteiger partial charge on any atom is 0.416 e. The highest BCUT2D eigenvalue weighted by Gasteiger charge is 2.31. The standard InChI is InChI=1S/C17H14F3N3O2S2/c1-23-10-9-21-16(23)26-14-7-5-13(6-8-14)22-27(24,25)15-4-2-3-12(11-15)17(18,19)20/h2-11,22H,1H3. The summed E-state index contributed by atoms with van der Waals surface area (Å²) in [5, 5.41) is 0.771. The summed E-state index contributed by atoms with van der Waals surface area (Å²) in [7, 11) is -2.28. The lowest BCUT2D eigenvalue weighted by atomic mass is 10.2. The van der Waals surface area contributed by atoms with Gasteiger partial charge in [-0.3, -0.25) is 4.72 Å². The molecule has 0 unspecified atom stereocenters. The number of aryl methyl sites for hydroxylation is 1. The second kappa shape index (κ2) is 7.28. The Hall–Kier alpha value is -2.46. The summed E-state index contributed by atoms with van der Waals surface area (Å²) in [5.74, 6) is 0. The molecule has 1 aromatic heterocycles. The van der Waals surface area contributed by atoms with E-state index in [0.717, 1.165) is 28.3 Å². The van der Waals surface area contributed by atoms with Crippen molar-refractivity contribution >= 4 is 27.5 Å². The Morgan fingerprint density at radius 1 is 1.11 bits per heavy atom. The molecule has 0 radical (unpaired) electrons. The van der Waals surface area contributed by atoms with Crippen molar-refractivity contribution in [1.82, 2.24) is 9.55 Å². The van der Waals surface area contributed by atoms with Gasteiger partial charge in [0.2, 0.25) is 0 Å². The first-order valence-electron chi connectivity index (χ1n) is 7.60. The Labute approximate surface area is 158 Å². The number of imidazole rings is 1. The number of halogens is 3. The lowest BCUT2D eigenvalue weighted by molar-refractivity contribution is -0.137. The molecule has 3 rings (SSSR count). The molecule has 2 aromatic carbocycles. The topological polar surface area (TPSA) is 64.0 Å². The summed E-state index contributed by atoms with van der Waals surface area (Å²) in [5.41, 5.74) is -0.774. The van der Waals surface area contributed by atoms with Crippen molar-refractivity contribution in [2.24, 2.45) is 7.05 Å². The Morgan fingerprint density at radius 2 is 1.81 bits per heavy atom. The molecule has 1 N–H and O–H groups in total. The van der Waals surface area contributed by atoms with Crippen LogP contribution in [0.3, 0.4) is 0 Å². The van der Waals surface area contributed by atoms with Crippen LogP contribution in [0.25, 0.3) is 0 Å². The van der Waals surface area contributed by atoms with Gasteiger partial charge in [-0.1, -0.05) is 17.8 Å². The average Bonchev–Trinajstić information content (AvgIpc) is 3.01. The molecule has 0 spiro atoms. The molecule has 0 aliphatic heterocycles. The van der Waals surface area contributed by atoms with Crippen LogP contribution in [0, 0.1) is 0 Å². The van der Waals surface area contributed by atoms with Crippen molar-refractivity contribution in [2.75, 3.05) is 4.72 Å². The van der Waals surface area contributed by atoms with E-state index in [2.05, 4.69) is 9.71 Å². The Kier molecular flexibility index (Phi) is 5.20. The monoisotopic (exact) mass is 413 g/mol. The first kappa shape index (κ1) is 19.3. The maximum atomic E-state index is 12.8. The van der Waals surface area contributed by atoms with Gasteiger partial charge in [0, 0.05) is 30.0 Å². The number of rotatable bonds is 5. The maximum absolute atomic E-state index is 12.8. The van der Waals surface area contributed by atoms with E-state index in [0.29, 0.717) is 6.07 Å². The molecule has 0 saturated heterocycles. The molecule has 0 saturated carbocycles. The minimum Gasteiger partial charge on any atom is -0.329 e. The predicted molar refractivity (Wildman–Crippen MR) is 96.0 cm³/mol. The smallest absolute Gasteiger partial charge is 0.329 e. The van der Waals surface area contributed by atoms with Gasteiger partial charge in [-0.25, -0.2) is 13.4 Å². The van der Waals surface area contributed by atoms with Crippen molar-refractivity contribution in [3.63, 3.8) is 0 Å². The van der Waals surface area contributed by atoms with Crippen LogP contribution in [0.2, 0.25) is 0 Å². The second-order valence-corrected chi connectivity index (χ2v) is 8.30. The largest absolute Gasteiger partial charge is 0.416 e. The molecule has 142 valence electrons. The normalized spacial score (nSPS) is 12.1. The van der Waals surface area contributed by atoms with Crippen molar-refractivity contribution in [2.45, 2.75) is 21.1 Å². The highest BCUT2D eigenvalue weighted by Crippen LogP contribution is 2.31. The Bertz CT molecular complexity index is 1050. The molecule has 27 heavy (non-hydrogen) atoms. The lowest BCUT2D eigenvalue weighted by Gasteiger charge is -2.11. The molecule has 0 aliphatic rings. The Morgan fingerprint density at radius 3 is 2.41 bits per heavy atom. The highest BCUT2D eigenvalue weighted by atomic mass is 32.2. The molecule has 1 heterocycles. The third kappa shape index (κ3) is 4.64. The summed E-state index contributed by atoms with van der Waals surface area (Å²) in [6.07, 6.45) is -1.14. The van der Waals surface area contributed by atoms with Gasteiger partial charge >= 0.3 is 6.18 Å². The van der Waals surface area contributed by atoms with E-state index in [4.69, 9.17) is 0 Å². The zero-order valence-corrected chi connectivity index (χ0v) is 15.6. The minimum atomic E-state index is -4.62.